The minimum Gasteiger partial charge on any atom is -0.394 e. The van der Waals surface area contributed by atoms with E-state index >= 15 is 0 Å². The molecule has 0 amide bonds. The fraction of sp³-hybridized carbons (Fsp3) is 0.333. The summed E-state index contributed by atoms with van der Waals surface area (Å²) in [5.41, 5.74) is -0.352. The highest BCUT2D eigenvalue weighted by atomic mass is 32.2. The molecule has 6 heteroatoms. The second-order valence-corrected chi connectivity index (χ2v) is 5.64. The highest BCUT2D eigenvalue weighted by Gasteiger charge is 2.33. The van der Waals surface area contributed by atoms with Crippen LogP contribution in [0.1, 0.15) is 10.9 Å². The molecule has 0 bridgehead atoms. The van der Waals surface area contributed by atoms with Gasteiger partial charge in [-0.1, -0.05) is 18.2 Å². The van der Waals surface area contributed by atoms with Gasteiger partial charge in [-0.2, -0.15) is 0 Å². The first kappa shape index (κ1) is 12.9. The third-order valence-corrected chi connectivity index (χ3v) is 4.39. The summed E-state index contributed by atoms with van der Waals surface area (Å²) >= 11 is 1.40. The molecule has 1 aliphatic rings. The van der Waals surface area contributed by atoms with Crippen molar-refractivity contribution in [1.29, 1.82) is 0 Å². The maximum atomic E-state index is 11.7. The van der Waals surface area contributed by atoms with Crippen LogP contribution in [-0.4, -0.2) is 26.0 Å². The van der Waals surface area contributed by atoms with E-state index in [9.17, 15) is 14.7 Å². The molecule has 0 aliphatic carbocycles. The Morgan fingerprint density at radius 1 is 1.67 bits per heavy atom. The van der Waals surface area contributed by atoms with Crippen LogP contribution in [0, 0.1) is 6.92 Å². The summed E-state index contributed by atoms with van der Waals surface area (Å²) in [6, 6.07) is 0. The lowest BCUT2D eigenvalue weighted by atomic mass is 10.1. The molecule has 0 saturated carbocycles. The Hall–Kier alpha value is -1.53. The number of aromatic nitrogens is 2. The maximum absolute atomic E-state index is 11.7. The minimum absolute atomic E-state index is 0.0781. The molecule has 18 heavy (non-hydrogen) atoms. The highest BCUT2D eigenvalue weighted by Crippen LogP contribution is 2.43. The number of hydrogen-bond donors (Lipinski definition) is 2. The summed E-state index contributed by atoms with van der Waals surface area (Å²) in [6.45, 7) is 5.26. The molecule has 0 saturated heterocycles. The van der Waals surface area contributed by atoms with Gasteiger partial charge in [0, 0.05) is 11.8 Å². The van der Waals surface area contributed by atoms with Crippen LogP contribution in [0.5, 0.6) is 0 Å². The van der Waals surface area contributed by atoms with Crippen molar-refractivity contribution in [2.75, 3.05) is 6.61 Å². The zero-order chi connectivity index (χ0) is 13.3. The molecule has 0 fully saturated rings. The van der Waals surface area contributed by atoms with Crippen molar-refractivity contribution in [3.63, 3.8) is 0 Å². The summed E-state index contributed by atoms with van der Waals surface area (Å²) in [4.78, 5) is 25.3. The molecule has 1 aliphatic heterocycles. The van der Waals surface area contributed by atoms with Crippen LogP contribution in [0.15, 0.2) is 40.6 Å². The summed E-state index contributed by atoms with van der Waals surface area (Å²) in [5.74, 6) is 0. The number of nitrogens with zero attached hydrogens (tertiary/aromatic N) is 1. The van der Waals surface area contributed by atoms with Crippen LogP contribution in [0.25, 0.3) is 0 Å². The van der Waals surface area contributed by atoms with Crippen LogP contribution >= 0.6 is 11.8 Å². The molecule has 2 N–H and O–H groups in total. The third kappa shape index (κ3) is 2.09. The number of thioether (sulfide) groups is 1. The van der Waals surface area contributed by atoms with E-state index in [0.717, 1.165) is 0 Å². The predicted octanol–water partition coefficient (Wildman–Crippen LogP) is 0.564. The Morgan fingerprint density at radius 2 is 2.39 bits per heavy atom. The van der Waals surface area contributed by atoms with Gasteiger partial charge in [-0.25, -0.2) is 4.79 Å². The van der Waals surface area contributed by atoms with Gasteiger partial charge in [0.05, 0.1) is 11.4 Å². The van der Waals surface area contributed by atoms with Gasteiger partial charge in [0.15, 0.2) is 0 Å². The standard InChI is InChI=1S/C12H14N2O3S/c1-3-12(7-15)5-4-9(18-12)14-6-8(2)10(16)13-11(14)17/h3-6,9,15H,1,7H2,2H3,(H,13,16,17)/t9-,12+/m1/s1. The number of hydrogen-bond acceptors (Lipinski definition) is 4. The Labute approximate surface area is 108 Å². The van der Waals surface area contributed by atoms with Crippen molar-refractivity contribution in [2.45, 2.75) is 17.0 Å². The van der Waals surface area contributed by atoms with Crippen LogP contribution in [0.4, 0.5) is 0 Å². The molecule has 0 unspecified atom stereocenters. The zero-order valence-corrected chi connectivity index (χ0v) is 10.7. The second-order valence-electron chi connectivity index (χ2n) is 4.16. The van der Waals surface area contributed by atoms with E-state index in [1.54, 1.807) is 13.0 Å². The fourth-order valence-electron chi connectivity index (χ4n) is 1.74. The van der Waals surface area contributed by atoms with Gasteiger partial charge >= 0.3 is 5.69 Å². The van der Waals surface area contributed by atoms with Gasteiger partial charge < -0.3 is 5.11 Å². The van der Waals surface area contributed by atoms with E-state index in [1.807, 2.05) is 12.2 Å². The highest BCUT2D eigenvalue weighted by molar-refractivity contribution is 8.01. The summed E-state index contributed by atoms with van der Waals surface area (Å²) in [6.07, 6.45) is 6.82. The molecule has 0 spiro atoms. The number of aliphatic hydroxyl groups excluding tert-OH is 1. The van der Waals surface area contributed by atoms with Gasteiger partial charge in [0.2, 0.25) is 0 Å². The van der Waals surface area contributed by atoms with Crippen LogP contribution in [0.3, 0.4) is 0 Å². The van der Waals surface area contributed by atoms with Crippen LogP contribution in [0.2, 0.25) is 0 Å². The largest absolute Gasteiger partial charge is 0.394 e. The number of aromatic amines is 1. The van der Waals surface area contributed by atoms with E-state index in [-0.39, 0.29) is 17.5 Å². The molecule has 2 atom stereocenters. The smallest absolute Gasteiger partial charge is 0.329 e. The molecular formula is C12H14N2O3S. The molecule has 1 aromatic rings. The number of rotatable bonds is 3. The average molecular weight is 266 g/mol. The predicted molar refractivity (Wildman–Crippen MR) is 71.8 cm³/mol. The Balaban J connectivity index is 2.40. The molecule has 5 nitrogen and oxygen atoms in total. The van der Waals surface area contributed by atoms with E-state index in [0.29, 0.717) is 5.56 Å². The fourth-order valence-corrected chi connectivity index (χ4v) is 2.95. The molecule has 0 aromatic carbocycles. The first-order valence-corrected chi connectivity index (χ1v) is 6.33. The number of H-pyrrole nitrogens is 1. The Morgan fingerprint density at radius 3 is 2.94 bits per heavy atom. The lowest BCUT2D eigenvalue weighted by molar-refractivity contribution is 0.287. The van der Waals surface area contributed by atoms with Crippen molar-refractivity contribution in [3.8, 4) is 0 Å². The van der Waals surface area contributed by atoms with Gasteiger partial charge in [-0.15, -0.1) is 18.3 Å². The number of aryl methyl sites for hydroxylation is 1. The lowest BCUT2D eigenvalue weighted by Crippen LogP contribution is -2.32. The molecule has 2 heterocycles. The van der Waals surface area contributed by atoms with Gasteiger partial charge in [-0.05, 0) is 6.92 Å². The Bertz CT molecular complexity index is 616. The molecule has 96 valence electrons. The summed E-state index contributed by atoms with van der Waals surface area (Å²) in [5, 5.41) is 9.11. The van der Waals surface area contributed by atoms with Crippen LogP contribution < -0.4 is 11.2 Å². The second kappa shape index (κ2) is 4.62. The van der Waals surface area contributed by atoms with Crippen molar-refractivity contribution in [1.82, 2.24) is 9.55 Å². The van der Waals surface area contributed by atoms with Crippen molar-refractivity contribution >= 4 is 11.8 Å². The molecule has 0 radical (unpaired) electrons. The van der Waals surface area contributed by atoms with E-state index < -0.39 is 10.4 Å². The summed E-state index contributed by atoms with van der Waals surface area (Å²) < 4.78 is 0.882. The monoisotopic (exact) mass is 266 g/mol. The number of nitrogens with one attached hydrogen (secondary N) is 1. The van der Waals surface area contributed by atoms with Crippen molar-refractivity contribution in [2.24, 2.45) is 0 Å². The zero-order valence-electron chi connectivity index (χ0n) is 9.92. The van der Waals surface area contributed by atoms with E-state index in [2.05, 4.69) is 11.6 Å². The molecular weight excluding hydrogens is 252 g/mol. The normalized spacial score (nSPS) is 26.4. The van der Waals surface area contributed by atoms with Gasteiger partial charge in [0.1, 0.15) is 5.37 Å². The lowest BCUT2D eigenvalue weighted by Gasteiger charge is -2.22. The van der Waals surface area contributed by atoms with Crippen LogP contribution in [-0.2, 0) is 0 Å². The van der Waals surface area contributed by atoms with Gasteiger partial charge in [-0.3, -0.25) is 14.3 Å². The van der Waals surface area contributed by atoms with Crippen molar-refractivity contribution < 1.29 is 5.11 Å². The van der Waals surface area contributed by atoms with Crippen molar-refractivity contribution in [3.05, 3.63) is 57.4 Å². The van der Waals surface area contributed by atoms with E-state index in [1.165, 1.54) is 22.5 Å². The van der Waals surface area contributed by atoms with Gasteiger partial charge in [0.25, 0.3) is 5.56 Å². The summed E-state index contributed by atoms with van der Waals surface area (Å²) in [7, 11) is 0. The average Bonchev–Trinajstić information content (AvgIpc) is 2.79. The molecule has 1 aromatic heterocycles. The minimum atomic E-state index is -0.561. The SMILES string of the molecule is C=C[C@@]1(CO)C=C[C@H](n2cc(C)c(=O)[nH]c2=O)S1. The molecule has 2 rings (SSSR count). The third-order valence-electron chi connectivity index (χ3n) is 2.90. The first-order chi connectivity index (χ1) is 8.51. The topological polar surface area (TPSA) is 75.1 Å². The number of aliphatic hydroxyl groups is 1. The maximum Gasteiger partial charge on any atom is 0.329 e. The first-order valence-electron chi connectivity index (χ1n) is 5.45. The Kier molecular flexibility index (Phi) is 3.32. The van der Waals surface area contributed by atoms with E-state index in [4.69, 9.17) is 0 Å². The quantitative estimate of drug-likeness (QED) is 0.784.